The monoisotopic (exact) mass is 326 g/mol. The number of rotatable bonds is 3. The lowest BCUT2D eigenvalue weighted by Gasteiger charge is -2.21. The predicted molar refractivity (Wildman–Crippen MR) is 89.3 cm³/mol. The van der Waals surface area contributed by atoms with Gasteiger partial charge in [-0.2, -0.15) is 5.90 Å². The zero-order valence-electron chi connectivity index (χ0n) is 13.7. The molecule has 1 aromatic carbocycles. The molecule has 24 heavy (non-hydrogen) atoms. The van der Waals surface area contributed by atoms with Gasteiger partial charge in [0.25, 0.3) is 5.91 Å². The number of hydrogen-bond acceptors (Lipinski definition) is 6. The molecule has 1 atom stereocenters. The van der Waals surface area contributed by atoms with Gasteiger partial charge in [0.05, 0.1) is 11.1 Å². The van der Waals surface area contributed by atoms with E-state index in [1.807, 2.05) is 38.1 Å². The van der Waals surface area contributed by atoms with E-state index in [0.717, 1.165) is 5.39 Å². The van der Waals surface area contributed by atoms with Crippen LogP contribution in [0.5, 0.6) is 0 Å². The van der Waals surface area contributed by atoms with Gasteiger partial charge in [-0.25, -0.2) is 14.8 Å². The number of amides is 1. The van der Waals surface area contributed by atoms with Crippen LogP contribution in [0.4, 0.5) is 0 Å². The third-order valence-electron chi connectivity index (χ3n) is 4.44. The molecule has 0 saturated heterocycles. The zero-order valence-corrected chi connectivity index (χ0v) is 13.7. The van der Waals surface area contributed by atoms with Crippen LogP contribution in [-0.2, 0) is 9.63 Å². The summed E-state index contributed by atoms with van der Waals surface area (Å²) in [5.41, 5.74) is 0.174. The van der Waals surface area contributed by atoms with Crippen molar-refractivity contribution in [2.45, 2.75) is 26.3 Å². The Balaban J connectivity index is 2.22. The van der Waals surface area contributed by atoms with E-state index >= 15 is 0 Å². The molecule has 1 amide bonds. The van der Waals surface area contributed by atoms with Gasteiger partial charge in [-0.1, -0.05) is 32.0 Å². The second-order valence-corrected chi connectivity index (χ2v) is 6.20. The van der Waals surface area contributed by atoms with E-state index in [-0.39, 0.29) is 28.9 Å². The maximum Gasteiger partial charge on any atom is 0.358 e. The minimum Gasteiger partial charge on any atom is -0.370 e. The lowest BCUT2D eigenvalue weighted by atomic mass is 9.89. The van der Waals surface area contributed by atoms with E-state index in [0.29, 0.717) is 5.52 Å². The van der Waals surface area contributed by atoms with Crippen molar-refractivity contribution >= 4 is 28.6 Å². The summed E-state index contributed by atoms with van der Waals surface area (Å²) in [6.45, 7) is 5.58. The zero-order chi connectivity index (χ0) is 17.5. The lowest BCUT2D eigenvalue weighted by Crippen LogP contribution is -2.41. The fraction of sp³-hybridized carbons (Fsp3) is 0.294. The van der Waals surface area contributed by atoms with Gasteiger partial charge in [-0.15, -0.1) is 0 Å². The molecule has 1 aliphatic rings. The van der Waals surface area contributed by atoms with E-state index in [9.17, 15) is 9.59 Å². The molecule has 3 N–H and O–H groups in total. The summed E-state index contributed by atoms with van der Waals surface area (Å²) in [5, 5.41) is 3.49. The van der Waals surface area contributed by atoms with Crippen molar-refractivity contribution in [3.8, 4) is 0 Å². The molecule has 0 aliphatic carbocycles. The Hall–Kier alpha value is -2.80. The van der Waals surface area contributed by atoms with Crippen LogP contribution >= 0.6 is 0 Å². The largest absolute Gasteiger partial charge is 0.370 e. The molecule has 0 bridgehead atoms. The Morgan fingerprint density at radius 2 is 2.04 bits per heavy atom. The van der Waals surface area contributed by atoms with Crippen LogP contribution in [0.2, 0.25) is 0 Å². The summed E-state index contributed by atoms with van der Waals surface area (Å²) >= 11 is 0. The highest BCUT2D eigenvalue weighted by Crippen LogP contribution is 2.28. The number of carbonyl (C=O) groups excluding carboxylic acids is 2. The van der Waals surface area contributed by atoms with E-state index in [1.54, 1.807) is 13.0 Å². The van der Waals surface area contributed by atoms with Gasteiger partial charge in [-0.3, -0.25) is 4.79 Å². The van der Waals surface area contributed by atoms with Gasteiger partial charge in [0.15, 0.2) is 5.84 Å². The maximum absolute atomic E-state index is 12.3. The fourth-order valence-corrected chi connectivity index (χ4v) is 2.56. The molecule has 0 fully saturated rings. The van der Waals surface area contributed by atoms with Gasteiger partial charge >= 0.3 is 5.97 Å². The quantitative estimate of drug-likeness (QED) is 0.832. The van der Waals surface area contributed by atoms with Crippen molar-refractivity contribution < 1.29 is 14.4 Å². The van der Waals surface area contributed by atoms with Crippen LogP contribution in [-0.4, -0.2) is 28.2 Å². The molecule has 2 heterocycles. The van der Waals surface area contributed by atoms with Gasteiger partial charge in [0.2, 0.25) is 0 Å². The summed E-state index contributed by atoms with van der Waals surface area (Å²) in [5.74, 6) is 4.31. The number of nitrogens with zero attached hydrogens (tertiary/aromatic N) is 2. The Bertz CT molecular complexity index is 875. The number of nitrogens with two attached hydrogens (primary N) is 1. The fourth-order valence-electron chi connectivity index (χ4n) is 2.56. The molecule has 7 heteroatoms. The van der Waals surface area contributed by atoms with E-state index in [4.69, 9.17) is 5.90 Å². The molecule has 0 saturated carbocycles. The maximum atomic E-state index is 12.3. The number of benzene rings is 1. The highest BCUT2D eigenvalue weighted by molar-refractivity contribution is 6.18. The Labute approximate surface area is 138 Å². The van der Waals surface area contributed by atoms with Crippen molar-refractivity contribution in [2.24, 2.45) is 16.8 Å². The Morgan fingerprint density at radius 3 is 2.67 bits per heavy atom. The molecule has 0 spiro atoms. The van der Waals surface area contributed by atoms with E-state index in [2.05, 4.69) is 20.1 Å². The molecule has 3 rings (SSSR count). The smallest absolute Gasteiger partial charge is 0.358 e. The van der Waals surface area contributed by atoms with E-state index < -0.39 is 11.5 Å². The molecule has 2 aromatic rings. The number of pyridine rings is 1. The molecule has 1 aromatic heterocycles. The molecular weight excluding hydrogens is 308 g/mol. The topological polar surface area (TPSA) is 107 Å². The van der Waals surface area contributed by atoms with Gasteiger partial charge in [-0.05, 0) is 25.0 Å². The number of nitrogens with one attached hydrogen (secondary N) is 1. The number of amidine groups is 1. The number of fused-ring (bicyclic) bond motifs is 1. The second-order valence-electron chi connectivity index (χ2n) is 6.20. The number of para-hydroxylation sites is 1. The Kier molecular flexibility index (Phi) is 3.81. The van der Waals surface area contributed by atoms with Crippen molar-refractivity contribution in [3.63, 3.8) is 0 Å². The lowest BCUT2D eigenvalue weighted by molar-refractivity contribution is -0.124. The Morgan fingerprint density at radius 1 is 1.33 bits per heavy atom. The molecule has 0 radical (unpaired) electrons. The average molecular weight is 326 g/mol. The van der Waals surface area contributed by atoms with Crippen LogP contribution < -0.4 is 11.2 Å². The van der Waals surface area contributed by atoms with Crippen LogP contribution in [0.25, 0.3) is 10.9 Å². The number of hydrogen-bond donors (Lipinski definition) is 2. The number of carbonyl (C=O) groups is 2. The highest BCUT2D eigenvalue weighted by atomic mass is 16.7. The minimum atomic E-state index is -0.910. The summed E-state index contributed by atoms with van der Waals surface area (Å²) in [4.78, 5) is 37.7. The molecule has 7 nitrogen and oxygen atoms in total. The van der Waals surface area contributed by atoms with Crippen molar-refractivity contribution in [2.75, 3.05) is 0 Å². The SMILES string of the molecule is CC(C)C1(C)N=C(c2nc3ccccc3cc2C(=O)ON)NC1=O. The van der Waals surface area contributed by atoms with Gasteiger partial charge in [0, 0.05) is 5.39 Å². The third-order valence-corrected chi connectivity index (χ3v) is 4.44. The molecular formula is C17H18N4O3. The minimum absolute atomic E-state index is 0.0135. The predicted octanol–water partition coefficient (Wildman–Crippen LogP) is 1.56. The molecule has 1 aliphatic heterocycles. The molecule has 124 valence electrons. The van der Waals surface area contributed by atoms with Crippen LogP contribution in [0.15, 0.2) is 35.3 Å². The van der Waals surface area contributed by atoms with Crippen molar-refractivity contribution in [3.05, 3.63) is 41.6 Å². The van der Waals surface area contributed by atoms with Gasteiger partial charge < -0.3 is 10.2 Å². The number of aromatic nitrogens is 1. The first-order valence-corrected chi connectivity index (χ1v) is 7.59. The summed E-state index contributed by atoms with van der Waals surface area (Å²) in [7, 11) is 0. The standard InChI is InChI=1S/C17H18N4O3/c1-9(2)17(3)16(23)20-14(21-17)13-11(15(22)24-18)8-10-6-4-5-7-12(10)19-13/h4-9H,18H2,1-3H3,(H,20,21,23). The third kappa shape index (κ3) is 2.43. The summed E-state index contributed by atoms with van der Waals surface area (Å²) < 4.78 is 0. The first-order chi connectivity index (χ1) is 11.4. The number of aliphatic imine (C=N–C) groups is 1. The first-order valence-electron chi connectivity index (χ1n) is 7.59. The van der Waals surface area contributed by atoms with Gasteiger partial charge in [0.1, 0.15) is 11.2 Å². The summed E-state index contributed by atoms with van der Waals surface area (Å²) in [6.07, 6.45) is 0. The first kappa shape index (κ1) is 16.1. The molecule has 1 unspecified atom stereocenters. The van der Waals surface area contributed by atoms with Crippen molar-refractivity contribution in [1.82, 2.24) is 10.3 Å². The van der Waals surface area contributed by atoms with Crippen molar-refractivity contribution in [1.29, 1.82) is 0 Å². The highest BCUT2D eigenvalue weighted by Gasteiger charge is 2.43. The van der Waals surface area contributed by atoms with Crippen LogP contribution in [0.1, 0.15) is 36.8 Å². The second kappa shape index (κ2) is 5.68. The van der Waals surface area contributed by atoms with Crippen LogP contribution in [0.3, 0.4) is 0 Å². The van der Waals surface area contributed by atoms with Crippen LogP contribution in [0, 0.1) is 5.92 Å². The average Bonchev–Trinajstić information content (AvgIpc) is 2.89. The normalized spacial score (nSPS) is 20.2. The summed E-state index contributed by atoms with van der Waals surface area (Å²) in [6, 6.07) is 8.95. The van der Waals surface area contributed by atoms with E-state index in [1.165, 1.54) is 0 Å².